The molecule has 0 radical (unpaired) electrons. The first kappa shape index (κ1) is 18.4. The maximum absolute atomic E-state index is 12.2. The first-order valence-electron chi connectivity index (χ1n) is 8.16. The molecule has 1 fully saturated rings. The van der Waals surface area contributed by atoms with E-state index in [-0.39, 0.29) is 5.91 Å². The highest BCUT2D eigenvalue weighted by Crippen LogP contribution is 2.27. The van der Waals surface area contributed by atoms with Gasteiger partial charge in [0, 0.05) is 18.1 Å². The van der Waals surface area contributed by atoms with Crippen molar-refractivity contribution in [1.29, 1.82) is 0 Å². The lowest BCUT2D eigenvalue weighted by atomic mass is 9.96. The molecule has 23 heavy (non-hydrogen) atoms. The van der Waals surface area contributed by atoms with Gasteiger partial charge in [-0.25, -0.2) is 0 Å². The zero-order valence-corrected chi connectivity index (χ0v) is 15.0. The Morgan fingerprint density at radius 3 is 2.74 bits per heavy atom. The van der Waals surface area contributed by atoms with Crippen molar-refractivity contribution in [3.8, 4) is 5.75 Å². The summed E-state index contributed by atoms with van der Waals surface area (Å²) in [5.74, 6) is 1.40. The average Bonchev–Trinajstić information content (AvgIpc) is 2.55. The maximum Gasteiger partial charge on any atom is 0.225 e. The third-order valence-electron chi connectivity index (χ3n) is 4.12. The molecule has 1 saturated heterocycles. The van der Waals surface area contributed by atoms with E-state index in [1.54, 1.807) is 18.2 Å². The largest absolute Gasteiger partial charge is 0.491 e. The van der Waals surface area contributed by atoms with Crippen LogP contribution in [0.5, 0.6) is 5.75 Å². The SMILES string of the molecule is CCNCC1CCN(C(=O)CCOc2ccc(Cl)cc2Cl)CC1. The third kappa shape index (κ3) is 5.87. The lowest BCUT2D eigenvalue weighted by Gasteiger charge is -2.32. The van der Waals surface area contributed by atoms with E-state index in [0.717, 1.165) is 39.0 Å². The number of nitrogens with one attached hydrogen (secondary N) is 1. The van der Waals surface area contributed by atoms with Crippen molar-refractivity contribution >= 4 is 29.1 Å². The van der Waals surface area contributed by atoms with Crippen LogP contribution in [0.25, 0.3) is 0 Å². The minimum Gasteiger partial charge on any atom is -0.491 e. The van der Waals surface area contributed by atoms with Crippen molar-refractivity contribution in [2.45, 2.75) is 26.2 Å². The Hall–Kier alpha value is -0.970. The molecule has 1 aromatic carbocycles. The number of rotatable bonds is 7. The van der Waals surface area contributed by atoms with Crippen LogP contribution < -0.4 is 10.1 Å². The van der Waals surface area contributed by atoms with Crippen LogP contribution in [-0.2, 0) is 4.79 Å². The molecule has 1 amide bonds. The number of piperidine rings is 1. The fraction of sp³-hybridized carbons (Fsp3) is 0.588. The van der Waals surface area contributed by atoms with E-state index in [1.165, 1.54) is 0 Å². The van der Waals surface area contributed by atoms with E-state index in [0.29, 0.717) is 34.7 Å². The number of likely N-dealkylation sites (tertiary alicyclic amines) is 1. The summed E-state index contributed by atoms with van der Waals surface area (Å²) in [6.07, 6.45) is 2.52. The molecule has 0 spiro atoms. The normalized spacial score (nSPS) is 15.7. The van der Waals surface area contributed by atoms with Gasteiger partial charge in [0.25, 0.3) is 0 Å². The highest BCUT2D eigenvalue weighted by atomic mass is 35.5. The number of carbonyl (C=O) groups is 1. The summed E-state index contributed by atoms with van der Waals surface area (Å²) >= 11 is 11.9. The van der Waals surface area contributed by atoms with Gasteiger partial charge in [0.2, 0.25) is 5.91 Å². The van der Waals surface area contributed by atoms with Gasteiger partial charge in [-0.05, 0) is 50.0 Å². The lowest BCUT2D eigenvalue weighted by Crippen LogP contribution is -2.41. The van der Waals surface area contributed by atoms with Gasteiger partial charge in [0.05, 0.1) is 18.1 Å². The van der Waals surface area contributed by atoms with E-state index in [4.69, 9.17) is 27.9 Å². The summed E-state index contributed by atoms with van der Waals surface area (Å²) < 4.78 is 5.58. The van der Waals surface area contributed by atoms with E-state index < -0.39 is 0 Å². The molecule has 1 aliphatic rings. The van der Waals surface area contributed by atoms with Crippen molar-refractivity contribution in [3.63, 3.8) is 0 Å². The van der Waals surface area contributed by atoms with Gasteiger partial charge in [0.1, 0.15) is 5.75 Å². The number of hydrogen-bond acceptors (Lipinski definition) is 3. The Balaban J connectivity index is 1.69. The first-order chi connectivity index (χ1) is 11.1. The summed E-state index contributed by atoms with van der Waals surface area (Å²) in [4.78, 5) is 14.2. The number of nitrogens with zero attached hydrogens (tertiary/aromatic N) is 1. The predicted octanol–water partition coefficient (Wildman–Crippen LogP) is 3.61. The topological polar surface area (TPSA) is 41.6 Å². The van der Waals surface area contributed by atoms with Gasteiger partial charge < -0.3 is 15.0 Å². The van der Waals surface area contributed by atoms with Gasteiger partial charge in [-0.2, -0.15) is 0 Å². The second kappa shape index (κ2) is 9.36. The van der Waals surface area contributed by atoms with Crippen molar-refractivity contribution in [3.05, 3.63) is 28.2 Å². The monoisotopic (exact) mass is 358 g/mol. The Kier molecular flexibility index (Phi) is 7.47. The first-order valence-corrected chi connectivity index (χ1v) is 8.92. The van der Waals surface area contributed by atoms with Crippen LogP contribution in [0.3, 0.4) is 0 Å². The fourth-order valence-corrected chi connectivity index (χ4v) is 3.20. The minimum absolute atomic E-state index is 0.150. The number of halogens is 2. The van der Waals surface area contributed by atoms with E-state index in [1.807, 2.05) is 4.90 Å². The standard InChI is InChI=1S/C17H24Cl2N2O2/c1-2-20-12-13-5-8-21(9-6-13)17(22)7-10-23-16-4-3-14(18)11-15(16)19/h3-4,11,13,20H,2,5-10,12H2,1H3. The molecule has 0 aliphatic carbocycles. The molecule has 1 heterocycles. The molecule has 6 heteroatoms. The van der Waals surface area contributed by atoms with Crippen LogP contribution in [0.4, 0.5) is 0 Å². The summed E-state index contributed by atoms with van der Waals surface area (Å²) in [5.41, 5.74) is 0. The van der Waals surface area contributed by atoms with Gasteiger partial charge in [-0.1, -0.05) is 30.1 Å². The lowest BCUT2D eigenvalue weighted by molar-refractivity contribution is -0.133. The number of ether oxygens (including phenoxy) is 1. The molecule has 0 unspecified atom stereocenters. The van der Waals surface area contributed by atoms with Crippen LogP contribution in [0.1, 0.15) is 26.2 Å². The van der Waals surface area contributed by atoms with Gasteiger partial charge >= 0.3 is 0 Å². The van der Waals surface area contributed by atoms with Crippen molar-refractivity contribution in [2.75, 3.05) is 32.8 Å². The summed E-state index contributed by atoms with van der Waals surface area (Å²) in [6.45, 7) is 6.19. The van der Waals surface area contributed by atoms with Gasteiger partial charge in [-0.15, -0.1) is 0 Å². The van der Waals surface area contributed by atoms with Crippen LogP contribution >= 0.6 is 23.2 Å². The molecule has 1 N–H and O–H groups in total. The van der Waals surface area contributed by atoms with E-state index in [2.05, 4.69) is 12.2 Å². The average molecular weight is 359 g/mol. The van der Waals surface area contributed by atoms with Crippen molar-refractivity contribution in [1.82, 2.24) is 10.2 Å². The van der Waals surface area contributed by atoms with Crippen LogP contribution in [0.2, 0.25) is 10.0 Å². The van der Waals surface area contributed by atoms with Gasteiger partial charge in [-0.3, -0.25) is 4.79 Å². The summed E-state index contributed by atoms with van der Waals surface area (Å²) in [6, 6.07) is 5.08. The Morgan fingerprint density at radius 2 is 2.09 bits per heavy atom. The number of hydrogen-bond donors (Lipinski definition) is 1. The quantitative estimate of drug-likeness (QED) is 0.809. The van der Waals surface area contributed by atoms with Crippen LogP contribution in [-0.4, -0.2) is 43.6 Å². The molecule has 0 aromatic heterocycles. The second-order valence-electron chi connectivity index (χ2n) is 5.81. The molecule has 0 bridgehead atoms. The highest BCUT2D eigenvalue weighted by Gasteiger charge is 2.22. The summed E-state index contributed by atoms with van der Waals surface area (Å²) in [5, 5.41) is 4.41. The Labute approximate surface area is 148 Å². The zero-order chi connectivity index (χ0) is 16.7. The number of amides is 1. The van der Waals surface area contributed by atoms with E-state index in [9.17, 15) is 4.79 Å². The van der Waals surface area contributed by atoms with Gasteiger partial charge in [0.15, 0.2) is 0 Å². The fourth-order valence-electron chi connectivity index (χ4n) is 2.73. The highest BCUT2D eigenvalue weighted by molar-refractivity contribution is 6.35. The molecule has 128 valence electrons. The molecule has 2 rings (SSSR count). The molecule has 0 saturated carbocycles. The molecule has 0 atom stereocenters. The Bertz CT molecular complexity index is 517. The zero-order valence-electron chi connectivity index (χ0n) is 13.5. The number of benzene rings is 1. The minimum atomic E-state index is 0.150. The van der Waals surface area contributed by atoms with Crippen molar-refractivity contribution < 1.29 is 9.53 Å². The molecule has 4 nitrogen and oxygen atoms in total. The number of carbonyl (C=O) groups excluding carboxylic acids is 1. The third-order valence-corrected chi connectivity index (χ3v) is 4.65. The van der Waals surface area contributed by atoms with Crippen molar-refractivity contribution in [2.24, 2.45) is 5.92 Å². The molecular weight excluding hydrogens is 335 g/mol. The summed E-state index contributed by atoms with van der Waals surface area (Å²) in [7, 11) is 0. The van der Waals surface area contributed by atoms with E-state index >= 15 is 0 Å². The maximum atomic E-state index is 12.2. The smallest absolute Gasteiger partial charge is 0.225 e. The van der Waals surface area contributed by atoms with Crippen LogP contribution in [0.15, 0.2) is 18.2 Å². The molecule has 1 aromatic rings. The predicted molar refractivity (Wildman–Crippen MR) is 94.4 cm³/mol. The molecular formula is C17H24Cl2N2O2. The second-order valence-corrected chi connectivity index (χ2v) is 6.65. The van der Waals surface area contributed by atoms with Crippen LogP contribution in [0, 0.1) is 5.92 Å². The Morgan fingerprint density at radius 1 is 1.35 bits per heavy atom. The molecule has 1 aliphatic heterocycles.